The second-order valence-corrected chi connectivity index (χ2v) is 30.1. The maximum atomic E-state index is 15.4. The number of H-pyrrole nitrogens is 5. The van der Waals surface area contributed by atoms with Crippen LogP contribution in [0.15, 0.2) is 134 Å². The van der Waals surface area contributed by atoms with Crippen molar-refractivity contribution >= 4 is 126 Å². The summed E-state index contributed by atoms with van der Waals surface area (Å²) in [5.41, 5.74) is 11.7. The highest BCUT2D eigenvalue weighted by molar-refractivity contribution is 6.02. The van der Waals surface area contributed by atoms with Crippen LogP contribution < -0.4 is 53.6 Å². The molecule has 630 valence electrons. The van der Waals surface area contributed by atoms with Gasteiger partial charge in [0.15, 0.2) is 0 Å². The number of aliphatic hydroxyl groups is 2. The Kier molecular flexibility index (Phi) is 28.8. The summed E-state index contributed by atoms with van der Waals surface area (Å²) in [7, 11) is 0. The van der Waals surface area contributed by atoms with Crippen LogP contribution in [0.2, 0.25) is 0 Å². The molecule has 2 saturated heterocycles. The lowest BCUT2D eigenvalue weighted by Gasteiger charge is -2.33. The van der Waals surface area contributed by atoms with Gasteiger partial charge in [-0.3, -0.25) is 62.3 Å². The van der Waals surface area contributed by atoms with Gasteiger partial charge >= 0.3 is 17.9 Å². The number of hydrogen-bond acceptors (Lipinski definition) is 18. The van der Waals surface area contributed by atoms with Crippen LogP contribution in [0.5, 0.6) is 0 Å². The van der Waals surface area contributed by atoms with Crippen molar-refractivity contribution in [3.8, 4) is 0 Å². The number of aromatic amines is 5. The number of fused-ring (bicyclic) bond motifs is 4. The molecule has 9 aromatic rings. The van der Waals surface area contributed by atoms with Gasteiger partial charge in [-0.05, 0) is 97.9 Å². The van der Waals surface area contributed by atoms with Gasteiger partial charge in [0.2, 0.25) is 65.0 Å². The molecule has 5 aromatic heterocycles. The molecule has 37 heteroatoms. The first-order chi connectivity index (χ1) is 57.1. The molecule has 0 spiro atoms. The fourth-order valence-electron chi connectivity index (χ4n) is 15.2. The van der Waals surface area contributed by atoms with Crippen molar-refractivity contribution in [3.63, 3.8) is 0 Å². The van der Waals surface area contributed by atoms with E-state index in [1.54, 1.807) is 111 Å². The Morgan fingerprint density at radius 1 is 0.462 bits per heavy atom. The van der Waals surface area contributed by atoms with Gasteiger partial charge in [-0.25, -0.2) is 9.78 Å². The lowest BCUT2D eigenvalue weighted by molar-refractivity contribution is -0.148. The van der Waals surface area contributed by atoms with E-state index in [1.807, 2.05) is 24.3 Å². The second-order valence-electron chi connectivity index (χ2n) is 30.1. The van der Waals surface area contributed by atoms with Crippen LogP contribution in [0.3, 0.4) is 0 Å². The number of aliphatic hydroxyl groups excluding tert-OH is 2. The van der Waals surface area contributed by atoms with Gasteiger partial charge < -0.3 is 114 Å². The second kappa shape index (κ2) is 39.6. The molecule has 4 aromatic carbocycles. The van der Waals surface area contributed by atoms with E-state index in [4.69, 9.17) is 5.73 Å². The number of carbonyl (C=O) groups excluding carboxylic acids is 11. The first kappa shape index (κ1) is 86.6. The fraction of sp³-hybridized carbons (Fsp3) is 0.402. The largest absolute Gasteiger partial charge is 0.481 e. The Hall–Kier alpha value is -13.3. The Morgan fingerprint density at radius 3 is 1.29 bits per heavy atom. The molecule has 14 atom stereocenters. The van der Waals surface area contributed by atoms with Gasteiger partial charge in [0, 0.05) is 125 Å². The van der Waals surface area contributed by atoms with Crippen molar-refractivity contribution in [3.05, 3.63) is 162 Å². The number of carboxylic acids is 3. The van der Waals surface area contributed by atoms with Crippen LogP contribution >= 0.6 is 0 Å². The van der Waals surface area contributed by atoms with Crippen molar-refractivity contribution in [1.82, 2.24) is 87.6 Å². The van der Waals surface area contributed by atoms with Crippen LogP contribution in [0.1, 0.15) is 100 Å². The zero-order chi connectivity index (χ0) is 85.3. The van der Waals surface area contributed by atoms with Crippen molar-refractivity contribution in [2.24, 2.45) is 11.7 Å². The number of nitrogens with two attached hydrogens (primary N) is 1. The molecule has 0 radical (unpaired) electrons. The van der Waals surface area contributed by atoms with Crippen molar-refractivity contribution in [2.45, 2.75) is 183 Å². The third kappa shape index (κ3) is 21.5. The van der Waals surface area contributed by atoms with Gasteiger partial charge in [-0.15, -0.1) is 0 Å². The van der Waals surface area contributed by atoms with E-state index in [2.05, 4.69) is 77.8 Å². The molecule has 0 saturated carbocycles. The monoisotopic (exact) mass is 1640 g/mol. The molecule has 7 heterocycles. The molecule has 0 unspecified atom stereocenters. The topological polar surface area (TPSA) is 573 Å². The highest BCUT2D eigenvalue weighted by Gasteiger charge is 2.45. The average Bonchev–Trinajstić information content (AvgIpc) is 1.70. The van der Waals surface area contributed by atoms with E-state index in [1.165, 1.54) is 19.4 Å². The molecular formula is C82H98N18O19. The summed E-state index contributed by atoms with van der Waals surface area (Å²) in [6, 6.07) is 9.55. The van der Waals surface area contributed by atoms with E-state index in [9.17, 15) is 78.3 Å². The number of aliphatic carboxylic acids is 3. The number of nitrogens with one attached hydrogen (secondary N) is 14. The fourth-order valence-corrected chi connectivity index (χ4v) is 15.2. The minimum atomic E-state index is -1.89. The zero-order valence-electron chi connectivity index (χ0n) is 65.5. The van der Waals surface area contributed by atoms with E-state index in [0.717, 1.165) is 26.3 Å². The quantitative estimate of drug-likeness (QED) is 0.0247. The molecule has 119 heavy (non-hydrogen) atoms. The number of hydrogen-bond donors (Lipinski definition) is 20. The maximum Gasteiger partial charge on any atom is 0.326 e. The Balaban J connectivity index is 0.803. The number of carbonyl (C=O) groups is 14. The highest BCUT2D eigenvalue weighted by Crippen LogP contribution is 2.28. The number of rotatable bonds is 40. The molecule has 37 nitrogen and oxygen atoms in total. The number of nitrogens with zero attached hydrogens (tertiary/aromatic N) is 3. The van der Waals surface area contributed by atoms with Crippen LogP contribution in [-0.4, -0.2) is 246 Å². The number of likely N-dealkylation sites (tertiary alicyclic amines) is 2. The smallest absolute Gasteiger partial charge is 0.326 e. The lowest BCUT2D eigenvalue weighted by Crippen LogP contribution is -2.62. The summed E-state index contributed by atoms with van der Waals surface area (Å²) in [6.45, 7) is 3.16. The molecular weight excluding hydrogens is 1540 g/mol. The number of carboxylic acid groups (broad SMARTS) is 3. The summed E-state index contributed by atoms with van der Waals surface area (Å²) < 4.78 is 0. The zero-order valence-corrected chi connectivity index (χ0v) is 65.5. The third-order valence-electron chi connectivity index (χ3n) is 21.8. The minimum Gasteiger partial charge on any atom is -0.481 e. The third-order valence-corrected chi connectivity index (χ3v) is 21.8. The Bertz CT molecular complexity index is 5210. The maximum absolute atomic E-state index is 15.4. The van der Waals surface area contributed by atoms with Gasteiger partial charge in [0.25, 0.3) is 0 Å². The summed E-state index contributed by atoms with van der Waals surface area (Å²) in [5.74, 6) is -15.6. The number of imidazole rings is 1. The Morgan fingerprint density at radius 2 is 0.857 bits per heavy atom. The van der Waals surface area contributed by atoms with E-state index >= 15 is 14.4 Å². The van der Waals surface area contributed by atoms with Crippen molar-refractivity contribution < 1.29 is 92.7 Å². The van der Waals surface area contributed by atoms with E-state index < -0.39 is 193 Å². The SMILES string of the molecule is CC[C@H](C)[C@H](NC(=O)[C@H](CCC(=O)O)NC(=O)[C@H](Cc1c[nH]c2ccccc12)NC(=O)[C@H](CO)NC(=O)[C@H](Cc1c[nH]c2ccccc12)NC(=O)[C@H](Cc1c[nH]c2ccccc12)NC(=O)[C@@H]1CCCN1C(=O)[C@@H](NC(=O)[C@@H]1CCCN1C(=O)[C@H](CC(=O)O)NC(=O)[C@H](Cc1cnc[nH]1)NC(=O)[C@@H](N)Cc1c[nH]c2ccccc12)[C@@H](C)O)C(=O)O. The summed E-state index contributed by atoms with van der Waals surface area (Å²) in [4.78, 5) is 220. The van der Waals surface area contributed by atoms with Crippen LogP contribution in [0, 0.1) is 5.92 Å². The van der Waals surface area contributed by atoms with Crippen molar-refractivity contribution in [1.29, 1.82) is 0 Å². The van der Waals surface area contributed by atoms with Gasteiger partial charge in [0.05, 0.1) is 31.5 Å². The summed E-state index contributed by atoms with van der Waals surface area (Å²) in [6.07, 6.45) is 5.11. The Labute approximate surface area is 680 Å². The average molecular weight is 1640 g/mol. The normalized spacial score (nSPS) is 17.1. The molecule has 2 aliphatic rings. The number of para-hydroxylation sites is 4. The first-order valence-electron chi connectivity index (χ1n) is 39.3. The minimum absolute atomic E-state index is 0.00194. The predicted molar refractivity (Wildman–Crippen MR) is 430 cm³/mol. The number of amides is 11. The van der Waals surface area contributed by atoms with Crippen LogP contribution in [0.25, 0.3) is 43.6 Å². The molecule has 11 rings (SSSR count). The lowest BCUT2D eigenvalue weighted by atomic mass is 9.98. The van der Waals surface area contributed by atoms with Crippen molar-refractivity contribution in [2.75, 3.05) is 19.7 Å². The van der Waals surface area contributed by atoms with E-state index in [-0.39, 0.29) is 70.9 Å². The van der Waals surface area contributed by atoms with E-state index in [0.29, 0.717) is 61.5 Å². The molecule has 0 aliphatic carbocycles. The van der Waals surface area contributed by atoms with Gasteiger partial charge in [-0.2, -0.15) is 0 Å². The van der Waals surface area contributed by atoms with Gasteiger partial charge in [-0.1, -0.05) is 93.1 Å². The predicted octanol–water partition coefficient (Wildman–Crippen LogP) is 0.364. The summed E-state index contributed by atoms with van der Waals surface area (Å²) >= 11 is 0. The molecule has 2 aliphatic heterocycles. The molecule has 2 fully saturated rings. The summed E-state index contributed by atoms with van der Waals surface area (Å²) in [5, 5.41) is 78.2. The first-order valence-corrected chi connectivity index (χ1v) is 39.3. The van der Waals surface area contributed by atoms with Gasteiger partial charge in [0.1, 0.15) is 66.5 Å². The van der Waals surface area contributed by atoms with Crippen LogP contribution in [-0.2, 0) is 99.2 Å². The molecule has 21 N–H and O–H groups in total. The molecule has 11 amide bonds. The number of benzene rings is 4. The number of aromatic nitrogens is 6. The highest BCUT2D eigenvalue weighted by atomic mass is 16.4. The molecule has 0 bridgehead atoms. The standard InChI is InChI=1S/C82H98N18O19/c1-4-42(2)69(82(118)119)97-72(108)58(25-26-67(103)104)90-73(109)59(30-45-36-86-55-20-10-6-16-50(45)55)93-77(113)64(40-101)96-75(111)60(31-46-37-87-56-21-11-7-17-51(46)56)92-74(110)61(32-47-38-88-57-22-12-8-18-52(47)57)94-78(114)65-23-14-28-100(65)81(117)70(43(3)102)98-79(115)66-24-13-27-99(66)80(116)63(34-68(105)106)95-76(112)62(33-48-39-84-41-89-48)91-71(107)53(83)29-44-35-85-54-19-9-5-15-49(44)54/h5-12,15-22,35-39,41-43,53,58-66,69-70,85-88,101-102H,4,13-14,23-34,40,83H2,1-3H3,(H,84,89)(H,90,109)(H,91,107)(H,92,110)(H,93,113)(H,94,114)(H,95,112)(H,96,111)(H,97,108)(H,98,115)(H,103,104)(H,105,106)(H,118,119)/t42-,43+,53-,58-,59-,60-,61-,62-,63-,64-,65-,66-,69-,70-/m0/s1. The van der Waals surface area contributed by atoms with Crippen LogP contribution in [0.4, 0.5) is 0 Å².